The van der Waals surface area contributed by atoms with Crippen LogP contribution in [-0.4, -0.2) is 59.0 Å². The molecule has 0 radical (unpaired) electrons. The van der Waals surface area contributed by atoms with E-state index in [1.807, 2.05) is 19.4 Å². The fourth-order valence-electron chi connectivity index (χ4n) is 2.88. The monoisotopic (exact) mass is 267 g/mol. The molecule has 2 heterocycles. The highest BCUT2D eigenvalue weighted by atomic mass is 16.5. The molecule has 1 aromatic rings. The summed E-state index contributed by atoms with van der Waals surface area (Å²) in [6.07, 6.45) is 6.96. The van der Waals surface area contributed by atoms with Crippen LogP contribution in [-0.2, 0) is 18.2 Å². The van der Waals surface area contributed by atoms with Gasteiger partial charge in [-0.2, -0.15) is 0 Å². The van der Waals surface area contributed by atoms with Crippen molar-refractivity contribution in [3.05, 3.63) is 18.2 Å². The fraction of sp³-hybridized carbons (Fsp3) is 0.786. The van der Waals surface area contributed by atoms with Crippen LogP contribution in [0.4, 0.5) is 0 Å². The summed E-state index contributed by atoms with van der Waals surface area (Å²) in [5, 5.41) is 9.81. The van der Waals surface area contributed by atoms with E-state index < -0.39 is 0 Å². The molecule has 5 heteroatoms. The summed E-state index contributed by atoms with van der Waals surface area (Å²) < 4.78 is 7.08. The van der Waals surface area contributed by atoms with Crippen molar-refractivity contribution in [2.45, 2.75) is 25.4 Å². The molecule has 2 atom stereocenters. The van der Waals surface area contributed by atoms with Gasteiger partial charge in [0.05, 0.1) is 12.7 Å². The lowest BCUT2D eigenvalue weighted by Crippen LogP contribution is -2.42. The number of hydrogen-bond acceptors (Lipinski definition) is 4. The maximum absolute atomic E-state index is 9.81. The minimum atomic E-state index is -0.378. The number of imidazole rings is 1. The average Bonchev–Trinajstić information content (AvgIpc) is 2.76. The molecule has 19 heavy (non-hydrogen) atoms. The normalized spacial score (nSPS) is 22.6. The number of ether oxygens (including phenoxy) is 1. The number of β-amino-alcohol motifs (C(OH)–C–C–N with tert-alkyl or cyclic N) is 1. The van der Waals surface area contributed by atoms with Crippen LogP contribution in [0.3, 0.4) is 0 Å². The Hall–Kier alpha value is -0.910. The molecule has 0 spiro atoms. The minimum absolute atomic E-state index is 0.378. The lowest BCUT2D eigenvalue weighted by Gasteiger charge is -2.33. The summed E-state index contributed by atoms with van der Waals surface area (Å²) in [5.41, 5.74) is 0. The number of piperidine rings is 1. The van der Waals surface area contributed by atoms with Crippen molar-refractivity contribution in [2.24, 2.45) is 13.0 Å². The number of hydrogen-bond donors (Lipinski definition) is 1. The first-order valence-corrected chi connectivity index (χ1v) is 7.04. The first-order valence-electron chi connectivity index (χ1n) is 7.04. The number of aromatic nitrogens is 2. The molecule has 1 fully saturated rings. The molecule has 2 rings (SSSR count). The molecule has 0 bridgehead atoms. The van der Waals surface area contributed by atoms with Crippen LogP contribution in [0.5, 0.6) is 0 Å². The number of likely N-dealkylation sites (tertiary alicyclic amines) is 1. The Kier molecular flexibility index (Phi) is 5.36. The molecule has 5 nitrogen and oxygen atoms in total. The van der Waals surface area contributed by atoms with Crippen LogP contribution in [0, 0.1) is 5.92 Å². The Balaban J connectivity index is 1.82. The second-order valence-electron chi connectivity index (χ2n) is 5.54. The second kappa shape index (κ2) is 7.03. The van der Waals surface area contributed by atoms with Crippen molar-refractivity contribution >= 4 is 0 Å². The molecule has 1 aliphatic heterocycles. The highest BCUT2D eigenvalue weighted by Crippen LogP contribution is 2.20. The van der Waals surface area contributed by atoms with E-state index in [4.69, 9.17) is 4.74 Å². The second-order valence-corrected chi connectivity index (χ2v) is 5.54. The van der Waals surface area contributed by atoms with Crippen molar-refractivity contribution in [3.8, 4) is 0 Å². The quantitative estimate of drug-likeness (QED) is 0.823. The molecule has 1 aliphatic rings. The van der Waals surface area contributed by atoms with Gasteiger partial charge in [-0.25, -0.2) is 4.98 Å². The van der Waals surface area contributed by atoms with Crippen molar-refractivity contribution < 1.29 is 9.84 Å². The first kappa shape index (κ1) is 14.5. The van der Waals surface area contributed by atoms with Crippen LogP contribution in [0.2, 0.25) is 0 Å². The molecule has 0 unspecified atom stereocenters. The van der Waals surface area contributed by atoms with Crippen molar-refractivity contribution in [1.82, 2.24) is 14.5 Å². The summed E-state index contributed by atoms with van der Waals surface area (Å²) in [7, 11) is 3.68. The van der Waals surface area contributed by atoms with Crippen molar-refractivity contribution in [3.63, 3.8) is 0 Å². The molecule has 108 valence electrons. The molecule has 0 amide bonds. The Morgan fingerprint density at radius 2 is 2.42 bits per heavy atom. The van der Waals surface area contributed by atoms with Gasteiger partial charge in [0, 0.05) is 46.1 Å². The van der Waals surface area contributed by atoms with Gasteiger partial charge in [0.15, 0.2) is 0 Å². The highest BCUT2D eigenvalue weighted by molar-refractivity contribution is 4.94. The zero-order chi connectivity index (χ0) is 13.7. The lowest BCUT2D eigenvalue weighted by atomic mass is 9.94. The third-order valence-electron chi connectivity index (χ3n) is 3.82. The van der Waals surface area contributed by atoms with E-state index in [0.717, 1.165) is 25.3 Å². The molecule has 1 aromatic heterocycles. The summed E-state index contributed by atoms with van der Waals surface area (Å²) in [6.45, 7) is 3.26. The topological polar surface area (TPSA) is 50.5 Å². The van der Waals surface area contributed by atoms with Gasteiger partial charge in [-0.05, 0) is 25.3 Å². The predicted octanol–water partition coefficient (Wildman–Crippen LogP) is 0.682. The molecule has 1 saturated heterocycles. The number of nitrogens with zero attached hydrogens (tertiary/aromatic N) is 3. The van der Waals surface area contributed by atoms with Crippen LogP contribution >= 0.6 is 0 Å². The number of aryl methyl sites for hydroxylation is 1. The smallest absolute Gasteiger partial charge is 0.108 e. The lowest BCUT2D eigenvalue weighted by molar-refractivity contribution is 0.0269. The Bertz CT molecular complexity index is 381. The molecule has 0 saturated carbocycles. The number of aliphatic hydroxyl groups excluding tert-OH is 1. The van der Waals surface area contributed by atoms with E-state index in [1.54, 1.807) is 7.11 Å². The van der Waals surface area contributed by atoms with Gasteiger partial charge < -0.3 is 19.3 Å². The van der Waals surface area contributed by atoms with E-state index >= 15 is 0 Å². The van der Waals surface area contributed by atoms with Gasteiger partial charge >= 0.3 is 0 Å². The molecular formula is C14H25N3O2. The van der Waals surface area contributed by atoms with Crippen LogP contribution < -0.4 is 0 Å². The summed E-state index contributed by atoms with van der Waals surface area (Å²) in [5.74, 6) is 1.80. The molecule has 0 aromatic carbocycles. The largest absolute Gasteiger partial charge is 0.389 e. The van der Waals surface area contributed by atoms with E-state index in [-0.39, 0.29) is 6.10 Å². The highest BCUT2D eigenvalue weighted by Gasteiger charge is 2.22. The van der Waals surface area contributed by atoms with Gasteiger partial charge in [0.1, 0.15) is 5.82 Å². The number of methoxy groups -OCH3 is 1. The SMILES string of the molecule is COC[C@H](O)CN1CCC[C@@H](Cc2nccn2C)C1. The maximum Gasteiger partial charge on any atom is 0.108 e. The van der Waals surface area contributed by atoms with E-state index in [9.17, 15) is 5.11 Å². The average molecular weight is 267 g/mol. The standard InChI is InChI=1S/C14H25N3O2/c1-16-7-5-15-14(16)8-12-4-3-6-17(9-12)10-13(18)11-19-2/h5,7,12-13,18H,3-4,6,8-11H2,1-2H3/t12-,13+/m0/s1. The summed E-state index contributed by atoms with van der Waals surface area (Å²) >= 11 is 0. The van der Waals surface area contributed by atoms with E-state index in [0.29, 0.717) is 19.1 Å². The summed E-state index contributed by atoms with van der Waals surface area (Å²) in [6, 6.07) is 0. The zero-order valence-corrected chi connectivity index (χ0v) is 12.0. The van der Waals surface area contributed by atoms with Gasteiger partial charge in [0.25, 0.3) is 0 Å². The van der Waals surface area contributed by atoms with E-state index in [2.05, 4.69) is 14.5 Å². The molecular weight excluding hydrogens is 242 g/mol. The van der Waals surface area contributed by atoms with Gasteiger partial charge in [-0.3, -0.25) is 0 Å². The van der Waals surface area contributed by atoms with Crippen molar-refractivity contribution in [1.29, 1.82) is 0 Å². The Morgan fingerprint density at radius 3 is 3.11 bits per heavy atom. The number of rotatable bonds is 6. The summed E-state index contributed by atoms with van der Waals surface area (Å²) in [4.78, 5) is 6.75. The Morgan fingerprint density at radius 1 is 1.58 bits per heavy atom. The van der Waals surface area contributed by atoms with Crippen LogP contribution in [0.1, 0.15) is 18.7 Å². The zero-order valence-electron chi connectivity index (χ0n) is 12.0. The van der Waals surface area contributed by atoms with Crippen LogP contribution in [0.15, 0.2) is 12.4 Å². The fourth-order valence-corrected chi connectivity index (χ4v) is 2.88. The third-order valence-corrected chi connectivity index (χ3v) is 3.82. The van der Waals surface area contributed by atoms with Gasteiger partial charge in [-0.1, -0.05) is 0 Å². The van der Waals surface area contributed by atoms with Gasteiger partial charge in [-0.15, -0.1) is 0 Å². The number of aliphatic hydroxyl groups is 1. The maximum atomic E-state index is 9.81. The van der Waals surface area contributed by atoms with Gasteiger partial charge in [0.2, 0.25) is 0 Å². The Labute approximate surface area is 115 Å². The van der Waals surface area contributed by atoms with Crippen molar-refractivity contribution in [2.75, 3.05) is 33.4 Å². The predicted molar refractivity (Wildman–Crippen MR) is 74.0 cm³/mol. The molecule has 1 N–H and O–H groups in total. The van der Waals surface area contributed by atoms with E-state index in [1.165, 1.54) is 12.8 Å². The van der Waals surface area contributed by atoms with Crippen LogP contribution in [0.25, 0.3) is 0 Å². The molecule has 0 aliphatic carbocycles. The first-order chi connectivity index (χ1) is 9.19. The third kappa shape index (κ3) is 4.30. The minimum Gasteiger partial charge on any atom is -0.389 e.